The van der Waals surface area contributed by atoms with Gasteiger partial charge in [0.25, 0.3) is 5.91 Å². The summed E-state index contributed by atoms with van der Waals surface area (Å²) in [6.07, 6.45) is 5.59. The van der Waals surface area contributed by atoms with Gasteiger partial charge in [-0.15, -0.1) is 0 Å². The van der Waals surface area contributed by atoms with Crippen LogP contribution in [0.15, 0.2) is 28.2 Å². The number of carbonyl (C=O) groups is 1. The highest BCUT2D eigenvalue weighted by molar-refractivity contribution is 6.05. The lowest BCUT2D eigenvalue weighted by molar-refractivity contribution is -0.114. The third-order valence-corrected chi connectivity index (χ3v) is 4.76. The summed E-state index contributed by atoms with van der Waals surface area (Å²) in [4.78, 5) is 18.7. The molecule has 7 heteroatoms. The van der Waals surface area contributed by atoms with Crippen molar-refractivity contribution in [3.05, 3.63) is 23.2 Å². The minimum atomic E-state index is -0.406. The lowest BCUT2D eigenvalue weighted by Gasteiger charge is -2.35. The zero-order chi connectivity index (χ0) is 19.3. The number of nitrogens with zero attached hydrogens (tertiary/aromatic N) is 2. The Labute approximate surface area is 158 Å². The SMILES string of the molecule is C/C(N)=C/C(C(=O)N=C(N)C1CC1)=C(\N)N1CCC(NCC(C)C)CC1.[HH]. The number of carbonyl (C=O) groups excluding carboxylic acids is 1. The number of amides is 1. The van der Waals surface area contributed by atoms with Crippen molar-refractivity contribution in [2.45, 2.75) is 52.5 Å². The van der Waals surface area contributed by atoms with Crippen LogP contribution < -0.4 is 22.5 Å². The maximum atomic E-state index is 12.6. The number of nitrogens with two attached hydrogens (primary N) is 3. The van der Waals surface area contributed by atoms with Gasteiger partial charge in [-0.05, 0) is 51.1 Å². The molecule has 0 radical (unpaired) electrons. The van der Waals surface area contributed by atoms with Gasteiger partial charge in [-0.2, -0.15) is 4.99 Å². The predicted molar refractivity (Wildman–Crippen MR) is 108 cm³/mol. The molecule has 0 aromatic carbocycles. The van der Waals surface area contributed by atoms with E-state index in [1.165, 1.54) is 0 Å². The number of hydrogen-bond donors (Lipinski definition) is 4. The molecule has 0 spiro atoms. The number of rotatable bonds is 7. The number of hydrogen-bond acceptors (Lipinski definition) is 5. The Kier molecular flexibility index (Phi) is 7.08. The van der Waals surface area contributed by atoms with Crippen molar-refractivity contribution in [1.29, 1.82) is 0 Å². The number of aliphatic imine (C=N–C) groups is 1. The van der Waals surface area contributed by atoms with Gasteiger partial charge in [-0.3, -0.25) is 4.79 Å². The van der Waals surface area contributed by atoms with Crippen LogP contribution in [0.5, 0.6) is 0 Å². The third kappa shape index (κ3) is 6.05. The van der Waals surface area contributed by atoms with Crippen molar-refractivity contribution >= 4 is 11.7 Å². The summed E-state index contributed by atoms with van der Waals surface area (Å²) >= 11 is 0. The third-order valence-electron chi connectivity index (χ3n) is 4.76. The van der Waals surface area contributed by atoms with E-state index < -0.39 is 5.91 Å². The van der Waals surface area contributed by atoms with E-state index in [0.29, 0.717) is 34.9 Å². The molecule has 7 N–H and O–H groups in total. The van der Waals surface area contributed by atoms with Gasteiger partial charge in [0, 0.05) is 32.2 Å². The fraction of sp³-hybridized carbons (Fsp3) is 0.684. The summed E-state index contributed by atoms with van der Waals surface area (Å²) in [5, 5.41) is 3.59. The standard InChI is InChI=1S/C19H34N6O.H2/c1-12(2)11-23-15-6-8-25(9-7-15)18(22)16(10-13(3)20)19(26)24-17(21)14-4-5-14;/h10,12,14-15,23H,4-9,11,20,22H2,1-3H3,(H2,21,24,26);1H/b13-10-,18-16-;. The summed E-state index contributed by atoms with van der Waals surface area (Å²) in [6.45, 7) is 8.77. The molecule has 2 aliphatic rings. The Balaban J connectivity index is 0.00000364. The van der Waals surface area contributed by atoms with Crippen LogP contribution in [-0.2, 0) is 4.79 Å². The molecule has 1 amide bonds. The monoisotopic (exact) mass is 364 g/mol. The first kappa shape index (κ1) is 20.3. The minimum absolute atomic E-state index is 0. The Hall–Kier alpha value is -2.02. The second-order valence-electron chi connectivity index (χ2n) is 7.87. The summed E-state index contributed by atoms with van der Waals surface area (Å²) in [5.74, 6) is 1.31. The molecule has 1 heterocycles. The van der Waals surface area contributed by atoms with Gasteiger partial charge in [0.15, 0.2) is 0 Å². The summed E-state index contributed by atoms with van der Waals surface area (Å²) < 4.78 is 0. The quantitative estimate of drug-likeness (QED) is 0.233. The van der Waals surface area contributed by atoms with E-state index in [2.05, 4.69) is 24.2 Å². The van der Waals surface area contributed by atoms with Crippen molar-refractivity contribution in [2.24, 2.45) is 34.0 Å². The first-order valence-corrected chi connectivity index (χ1v) is 9.58. The van der Waals surface area contributed by atoms with Crippen LogP contribution >= 0.6 is 0 Å². The molecular weight excluding hydrogens is 328 g/mol. The average Bonchev–Trinajstić information content (AvgIpc) is 3.42. The number of piperidine rings is 1. The molecule has 0 unspecified atom stereocenters. The van der Waals surface area contributed by atoms with Crippen molar-refractivity contribution in [3.63, 3.8) is 0 Å². The zero-order valence-corrected chi connectivity index (χ0v) is 16.3. The summed E-state index contributed by atoms with van der Waals surface area (Å²) in [5.41, 5.74) is 18.9. The molecule has 2 fully saturated rings. The van der Waals surface area contributed by atoms with Crippen LogP contribution in [-0.4, -0.2) is 42.3 Å². The fourth-order valence-corrected chi connectivity index (χ4v) is 3.02. The average molecular weight is 365 g/mol. The van der Waals surface area contributed by atoms with Gasteiger partial charge in [0.1, 0.15) is 11.7 Å². The van der Waals surface area contributed by atoms with E-state index in [0.717, 1.165) is 45.3 Å². The molecule has 1 saturated carbocycles. The van der Waals surface area contributed by atoms with E-state index in [1.807, 2.05) is 4.90 Å². The Morgan fingerprint density at radius 1 is 1.23 bits per heavy atom. The first-order chi connectivity index (χ1) is 12.3. The minimum Gasteiger partial charge on any atom is -0.402 e. The number of amidine groups is 1. The lowest BCUT2D eigenvalue weighted by atomic mass is 10.0. The molecule has 26 heavy (non-hydrogen) atoms. The first-order valence-electron chi connectivity index (χ1n) is 9.58. The highest BCUT2D eigenvalue weighted by atomic mass is 16.1. The van der Waals surface area contributed by atoms with Gasteiger partial charge >= 0.3 is 0 Å². The van der Waals surface area contributed by atoms with E-state index in [9.17, 15) is 4.79 Å². The van der Waals surface area contributed by atoms with Crippen LogP contribution in [0.1, 0.15) is 47.9 Å². The molecule has 0 atom stereocenters. The number of likely N-dealkylation sites (tertiary alicyclic amines) is 1. The predicted octanol–water partition coefficient (Wildman–Crippen LogP) is 1.27. The molecule has 1 aliphatic heterocycles. The van der Waals surface area contributed by atoms with Crippen LogP contribution in [0.4, 0.5) is 0 Å². The fourth-order valence-electron chi connectivity index (χ4n) is 3.02. The lowest BCUT2D eigenvalue weighted by Crippen LogP contribution is -2.44. The van der Waals surface area contributed by atoms with Crippen molar-refractivity contribution in [1.82, 2.24) is 10.2 Å². The van der Waals surface area contributed by atoms with E-state index >= 15 is 0 Å². The molecule has 0 aromatic rings. The van der Waals surface area contributed by atoms with Crippen LogP contribution in [0.3, 0.4) is 0 Å². The molecule has 1 aliphatic carbocycles. The van der Waals surface area contributed by atoms with Gasteiger partial charge in [-0.1, -0.05) is 13.8 Å². The van der Waals surface area contributed by atoms with E-state index in [1.54, 1.807) is 13.0 Å². The van der Waals surface area contributed by atoms with Crippen LogP contribution in [0, 0.1) is 11.8 Å². The Morgan fingerprint density at radius 3 is 2.35 bits per heavy atom. The van der Waals surface area contributed by atoms with Gasteiger partial charge in [0.2, 0.25) is 0 Å². The Morgan fingerprint density at radius 2 is 1.85 bits per heavy atom. The number of nitrogens with one attached hydrogen (secondary N) is 1. The molecule has 0 aromatic heterocycles. The molecule has 0 bridgehead atoms. The summed E-state index contributed by atoms with van der Waals surface area (Å²) in [7, 11) is 0. The second kappa shape index (κ2) is 9.07. The largest absolute Gasteiger partial charge is 0.402 e. The van der Waals surface area contributed by atoms with Crippen molar-refractivity contribution in [2.75, 3.05) is 19.6 Å². The topological polar surface area (TPSA) is 123 Å². The normalized spacial score (nSPS) is 21.2. The van der Waals surface area contributed by atoms with E-state index in [4.69, 9.17) is 17.2 Å². The molecule has 1 saturated heterocycles. The molecule has 148 valence electrons. The maximum Gasteiger partial charge on any atom is 0.282 e. The molecule has 7 nitrogen and oxygen atoms in total. The highest BCUT2D eigenvalue weighted by Gasteiger charge is 2.27. The number of allylic oxidation sites excluding steroid dienone is 1. The van der Waals surface area contributed by atoms with Crippen molar-refractivity contribution in [3.8, 4) is 0 Å². The zero-order valence-electron chi connectivity index (χ0n) is 16.3. The highest BCUT2D eigenvalue weighted by Crippen LogP contribution is 2.29. The summed E-state index contributed by atoms with van der Waals surface area (Å²) in [6, 6.07) is 0.496. The second-order valence-corrected chi connectivity index (χ2v) is 7.87. The molecular formula is C19H36N6O. The maximum absolute atomic E-state index is 12.6. The Bertz CT molecular complexity index is 597. The van der Waals surface area contributed by atoms with Crippen LogP contribution in [0.25, 0.3) is 0 Å². The van der Waals surface area contributed by atoms with Gasteiger partial charge < -0.3 is 27.4 Å². The van der Waals surface area contributed by atoms with Crippen molar-refractivity contribution < 1.29 is 6.22 Å². The smallest absolute Gasteiger partial charge is 0.282 e. The molecule has 2 rings (SSSR count). The van der Waals surface area contributed by atoms with Gasteiger partial charge in [0.05, 0.1) is 5.57 Å². The van der Waals surface area contributed by atoms with E-state index in [-0.39, 0.29) is 7.34 Å². The van der Waals surface area contributed by atoms with Crippen LogP contribution in [0.2, 0.25) is 0 Å². The van der Waals surface area contributed by atoms with Gasteiger partial charge in [-0.25, -0.2) is 0 Å².